The smallest absolute Gasteiger partial charge is 0.159 e. The Morgan fingerprint density at radius 2 is 1.94 bits per heavy atom. The van der Waals surface area contributed by atoms with Crippen LogP contribution in [0.1, 0.15) is 38.3 Å². The lowest BCUT2D eigenvalue weighted by Gasteiger charge is -2.19. The average molecular weight is 257 g/mol. The zero-order valence-corrected chi connectivity index (χ0v) is 11.0. The Labute approximate surface area is 107 Å². The summed E-state index contributed by atoms with van der Waals surface area (Å²) in [6.07, 6.45) is 1.92. The molecule has 0 saturated carbocycles. The first-order valence-electron chi connectivity index (χ1n) is 6.45. The molecule has 2 nitrogen and oxygen atoms in total. The minimum atomic E-state index is -0.817. The predicted octanol–water partition coefficient (Wildman–Crippen LogP) is 3.43. The van der Waals surface area contributed by atoms with Crippen LogP contribution in [0.15, 0.2) is 18.2 Å². The Balaban J connectivity index is 2.70. The van der Waals surface area contributed by atoms with Crippen LogP contribution in [0.2, 0.25) is 0 Å². The highest BCUT2D eigenvalue weighted by molar-refractivity contribution is 5.21. The number of nitrogens with one attached hydrogen (secondary N) is 1. The third-order valence-corrected chi connectivity index (χ3v) is 2.62. The molecule has 18 heavy (non-hydrogen) atoms. The van der Waals surface area contributed by atoms with Crippen LogP contribution in [0.25, 0.3) is 0 Å². The van der Waals surface area contributed by atoms with Gasteiger partial charge in [0.25, 0.3) is 0 Å². The van der Waals surface area contributed by atoms with Crippen LogP contribution in [0.5, 0.6) is 0 Å². The van der Waals surface area contributed by atoms with Crippen LogP contribution in [0, 0.1) is 11.6 Å². The van der Waals surface area contributed by atoms with Gasteiger partial charge in [0.05, 0.1) is 12.6 Å². The van der Waals surface area contributed by atoms with Gasteiger partial charge < -0.3 is 10.1 Å². The maximum absolute atomic E-state index is 13.2. The van der Waals surface area contributed by atoms with Crippen molar-refractivity contribution in [3.8, 4) is 0 Å². The molecule has 0 radical (unpaired) electrons. The van der Waals surface area contributed by atoms with Crippen molar-refractivity contribution < 1.29 is 13.5 Å². The molecule has 0 spiro atoms. The second-order valence-corrected chi connectivity index (χ2v) is 4.26. The summed E-state index contributed by atoms with van der Waals surface area (Å²) >= 11 is 0. The van der Waals surface area contributed by atoms with Gasteiger partial charge in [0, 0.05) is 6.61 Å². The van der Waals surface area contributed by atoms with Crippen molar-refractivity contribution in [1.82, 2.24) is 5.32 Å². The Bertz CT molecular complexity index is 358. The fourth-order valence-corrected chi connectivity index (χ4v) is 1.67. The molecule has 1 rings (SSSR count). The molecule has 1 aromatic carbocycles. The second-order valence-electron chi connectivity index (χ2n) is 4.26. The van der Waals surface area contributed by atoms with E-state index < -0.39 is 11.6 Å². The molecule has 0 heterocycles. The van der Waals surface area contributed by atoms with Gasteiger partial charge in [-0.25, -0.2) is 8.78 Å². The van der Waals surface area contributed by atoms with Crippen LogP contribution in [-0.4, -0.2) is 19.8 Å². The van der Waals surface area contributed by atoms with Gasteiger partial charge in [-0.3, -0.25) is 0 Å². The van der Waals surface area contributed by atoms with Gasteiger partial charge >= 0.3 is 0 Å². The zero-order valence-electron chi connectivity index (χ0n) is 11.0. The molecular formula is C14H21F2NO. The van der Waals surface area contributed by atoms with E-state index in [1.807, 2.05) is 6.92 Å². The third kappa shape index (κ3) is 4.70. The molecule has 1 atom stereocenters. The summed E-state index contributed by atoms with van der Waals surface area (Å²) in [5.41, 5.74) is 0.721. The number of benzene rings is 1. The van der Waals surface area contributed by atoms with Crippen LogP contribution >= 0.6 is 0 Å². The van der Waals surface area contributed by atoms with E-state index in [0.29, 0.717) is 13.2 Å². The normalized spacial score (nSPS) is 12.7. The van der Waals surface area contributed by atoms with E-state index in [0.717, 1.165) is 31.0 Å². The minimum Gasteiger partial charge on any atom is -0.379 e. The molecule has 1 unspecified atom stereocenters. The maximum Gasteiger partial charge on any atom is 0.159 e. The first-order valence-corrected chi connectivity index (χ1v) is 6.45. The molecule has 0 fully saturated rings. The van der Waals surface area contributed by atoms with Gasteiger partial charge in [-0.2, -0.15) is 0 Å². The van der Waals surface area contributed by atoms with Crippen molar-refractivity contribution in [2.45, 2.75) is 32.7 Å². The van der Waals surface area contributed by atoms with E-state index in [1.54, 1.807) is 6.07 Å². The topological polar surface area (TPSA) is 21.3 Å². The lowest BCUT2D eigenvalue weighted by molar-refractivity contribution is 0.112. The Morgan fingerprint density at radius 3 is 2.56 bits per heavy atom. The van der Waals surface area contributed by atoms with Crippen molar-refractivity contribution in [1.29, 1.82) is 0 Å². The summed E-state index contributed by atoms with van der Waals surface area (Å²) in [5.74, 6) is -1.63. The minimum absolute atomic E-state index is 0.0911. The molecule has 0 saturated heterocycles. The monoisotopic (exact) mass is 257 g/mol. The molecule has 1 N–H and O–H groups in total. The first-order chi connectivity index (χ1) is 8.69. The quantitative estimate of drug-likeness (QED) is 0.720. The van der Waals surface area contributed by atoms with Crippen molar-refractivity contribution in [2.75, 3.05) is 19.8 Å². The molecule has 0 bridgehead atoms. The Kier molecular flexibility index (Phi) is 6.83. The number of halogens is 2. The molecule has 0 amide bonds. The summed E-state index contributed by atoms with van der Waals surface area (Å²) in [6, 6.07) is 3.90. The van der Waals surface area contributed by atoms with Crippen molar-refractivity contribution >= 4 is 0 Å². The number of rotatable bonds is 8. The van der Waals surface area contributed by atoms with Crippen LogP contribution in [-0.2, 0) is 4.74 Å². The molecule has 0 aromatic heterocycles. The average Bonchev–Trinajstić information content (AvgIpc) is 2.37. The third-order valence-electron chi connectivity index (χ3n) is 2.62. The van der Waals surface area contributed by atoms with E-state index in [2.05, 4.69) is 12.2 Å². The number of hydrogen-bond acceptors (Lipinski definition) is 2. The van der Waals surface area contributed by atoms with E-state index in [1.165, 1.54) is 6.07 Å². The van der Waals surface area contributed by atoms with Gasteiger partial charge in [0.2, 0.25) is 0 Å². The summed E-state index contributed by atoms with van der Waals surface area (Å²) in [6.45, 7) is 6.06. The zero-order chi connectivity index (χ0) is 13.4. The highest BCUT2D eigenvalue weighted by atomic mass is 19.2. The highest BCUT2D eigenvalue weighted by Crippen LogP contribution is 2.17. The first kappa shape index (κ1) is 15.1. The van der Waals surface area contributed by atoms with E-state index in [9.17, 15) is 8.78 Å². The van der Waals surface area contributed by atoms with Crippen molar-refractivity contribution in [3.63, 3.8) is 0 Å². The summed E-state index contributed by atoms with van der Waals surface area (Å²) in [7, 11) is 0. The van der Waals surface area contributed by atoms with E-state index in [4.69, 9.17) is 4.74 Å². The maximum atomic E-state index is 13.2. The molecule has 0 aliphatic rings. The van der Waals surface area contributed by atoms with E-state index >= 15 is 0 Å². The Morgan fingerprint density at radius 1 is 1.17 bits per heavy atom. The lowest BCUT2D eigenvalue weighted by atomic mass is 10.1. The molecule has 1 aromatic rings. The predicted molar refractivity (Wildman–Crippen MR) is 68.5 cm³/mol. The fourth-order valence-electron chi connectivity index (χ4n) is 1.67. The largest absolute Gasteiger partial charge is 0.379 e. The SMILES string of the molecule is CCCNC(COCCC)c1ccc(F)c(F)c1. The molecule has 0 aliphatic carbocycles. The van der Waals surface area contributed by atoms with Gasteiger partial charge in [-0.15, -0.1) is 0 Å². The second kappa shape index (κ2) is 8.16. The molecule has 4 heteroatoms. The van der Waals surface area contributed by atoms with Gasteiger partial charge in [-0.1, -0.05) is 19.9 Å². The van der Waals surface area contributed by atoms with Crippen LogP contribution in [0.4, 0.5) is 8.78 Å². The molecular weight excluding hydrogens is 236 g/mol. The van der Waals surface area contributed by atoms with Crippen molar-refractivity contribution in [3.05, 3.63) is 35.4 Å². The number of hydrogen-bond donors (Lipinski definition) is 1. The lowest BCUT2D eigenvalue weighted by Crippen LogP contribution is -2.26. The van der Waals surface area contributed by atoms with Gasteiger partial charge in [0.15, 0.2) is 11.6 Å². The Hall–Kier alpha value is -1.00. The van der Waals surface area contributed by atoms with Crippen LogP contribution in [0.3, 0.4) is 0 Å². The summed E-state index contributed by atoms with van der Waals surface area (Å²) < 4.78 is 31.6. The van der Waals surface area contributed by atoms with Crippen molar-refractivity contribution in [2.24, 2.45) is 0 Å². The highest BCUT2D eigenvalue weighted by Gasteiger charge is 2.13. The fraction of sp³-hybridized carbons (Fsp3) is 0.571. The van der Waals surface area contributed by atoms with Crippen LogP contribution < -0.4 is 5.32 Å². The summed E-state index contributed by atoms with van der Waals surface area (Å²) in [4.78, 5) is 0. The molecule has 0 aliphatic heterocycles. The summed E-state index contributed by atoms with van der Waals surface area (Å²) in [5, 5.41) is 3.28. The standard InChI is InChI=1S/C14H21F2NO/c1-3-7-17-14(10-18-8-4-2)11-5-6-12(15)13(16)9-11/h5-6,9,14,17H,3-4,7-8,10H2,1-2H3. The van der Waals surface area contributed by atoms with E-state index in [-0.39, 0.29) is 6.04 Å². The van der Waals surface area contributed by atoms with Gasteiger partial charge in [-0.05, 0) is 37.1 Å². The molecule has 102 valence electrons. The number of ether oxygens (including phenoxy) is 1. The van der Waals surface area contributed by atoms with Gasteiger partial charge in [0.1, 0.15) is 0 Å².